The predicted molar refractivity (Wildman–Crippen MR) is 85.2 cm³/mol. The van der Waals surface area contributed by atoms with Gasteiger partial charge in [-0.05, 0) is 18.7 Å². The van der Waals surface area contributed by atoms with Crippen LogP contribution in [-0.4, -0.2) is 52.8 Å². The number of aromatic hydroxyl groups is 2. The number of phenols is 2. The normalized spacial score (nSPS) is 16.3. The molecule has 2 heterocycles. The molecule has 2 aromatic rings. The van der Waals surface area contributed by atoms with Crippen LogP contribution in [0.2, 0.25) is 0 Å². The molecule has 1 aliphatic rings. The summed E-state index contributed by atoms with van der Waals surface area (Å²) >= 11 is 1.60. The lowest BCUT2D eigenvalue weighted by Crippen LogP contribution is -2.46. The first-order valence-corrected chi connectivity index (χ1v) is 8.00. The van der Waals surface area contributed by atoms with Crippen molar-refractivity contribution in [1.29, 1.82) is 0 Å². The molecule has 1 fully saturated rings. The zero-order valence-electron chi connectivity index (χ0n) is 12.0. The monoisotopic (exact) mass is 305 g/mol. The van der Waals surface area contributed by atoms with E-state index in [1.807, 2.05) is 5.38 Å². The molecule has 2 N–H and O–H groups in total. The smallest absolute Gasteiger partial charge is 0.185 e. The molecule has 1 saturated heterocycles. The molecule has 1 aliphatic heterocycles. The molecule has 0 spiro atoms. The van der Waals surface area contributed by atoms with Crippen LogP contribution in [0.5, 0.6) is 11.5 Å². The zero-order chi connectivity index (χ0) is 14.8. The van der Waals surface area contributed by atoms with Crippen molar-refractivity contribution in [2.45, 2.75) is 6.92 Å². The van der Waals surface area contributed by atoms with Crippen molar-refractivity contribution in [3.8, 4) is 22.8 Å². The Kier molecular flexibility index (Phi) is 3.98. The summed E-state index contributed by atoms with van der Waals surface area (Å²) in [6.07, 6.45) is 0. The van der Waals surface area contributed by atoms with Crippen LogP contribution in [0, 0.1) is 0 Å². The summed E-state index contributed by atoms with van der Waals surface area (Å²) < 4.78 is 0. The highest BCUT2D eigenvalue weighted by atomic mass is 32.1. The number of piperazine rings is 1. The molecule has 6 heteroatoms. The van der Waals surface area contributed by atoms with Gasteiger partial charge in [0, 0.05) is 43.2 Å². The fourth-order valence-electron chi connectivity index (χ4n) is 2.53. The SMILES string of the molecule is CCN1CCN(c2nc(-c3ccc(O)cc3O)cs2)CC1. The second kappa shape index (κ2) is 5.91. The maximum atomic E-state index is 9.92. The summed E-state index contributed by atoms with van der Waals surface area (Å²) in [4.78, 5) is 9.35. The molecule has 0 unspecified atom stereocenters. The molecule has 0 atom stereocenters. The summed E-state index contributed by atoms with van der Waals surface area (Å²) in [6, 6.07) is 4.60. The third-order valence-electron chi connectivity index (χ3n) is 3.84. The minimum Gasteiger partial charge on any atom is -0.508 e. The van der Waals surface area contributed by atoms with Gasteiger partial charge in [-0.15, -0.1) is 11.3 Å². The number of rotatable bonds is 3. The van der Waals surface area contributed by atoms with Gasteiger partial charge in [0.15, 0.2) is 5.13 Å². The molecular formula is C15H19N3O2S. The van der Waals surface area contributed by atoms with Crippen LogP contribution in [0.3, 0.4) is 0 Å². The molecule has 0 radical (unpaired) electrons. The fraction of sp³-hybridized carbons (Fsp3) is 0.400. The lowest BCUT2D eigenvalue weighted by molar-refractivity contribution is 0.271. The Morgan fingerprint density at radius 3 is 2.62 bits per heavy atom. The van der Waals surface area contributed by atoms with Gasteiger partial charge in [0.05, 0.1) is 5.69 Å². The van der Waals surface area contributed by atoms with E-state index in [4.69, 9.17) is 0 Å². The molecule has 1 aromatic carbocycles. The Hall–Kier alpha value is -1.79. The third kappa shape index (κ3) is 2.96. The number of anilines is 1. The van der Waals surface area contributed by atoms with E-state index in [9.17, 15) is 10.2 Å². The maximum absolute atomic E-state index is 9.92. The first-order chi connectivity index (χ1) is 10.2. The number of aromatic nitrogens is 1. The largest absolute Gasteiger partial charge is 0.508 e. The molecule has 0 bridgehead atoms. The van der Waals surface area contributed by atoms with E-state index in [0.29, 0.717) is 5.56 Å². The minimum absolute atomic E-state index is 0.0578. The van der Waals surface area contributed by atoms with Gasteiger partial charge in [-0.1, -0.05) is 6.92 Å². The molecule has 1 aromatic heterocycles. The quantitative estimate of drug-likeness (QED) is 0.911. The van der Waals surface area contributed by atoms with Crippen LogP contribution in [0.4, 0.5) is 5.13 Å². The average molecular weight is 305 g/mol. The standard InChI is InChI=1S/C15H19N3O2S/c1-2-17-5-7-18(8-6-17)15-16-13(10-21-15)12-4-3-11(19)9-14(12)20/h3-4,9-10,19-20H,2,5-8H2,1H3. The number of nitrogens with zero attached hydrogens (tertiary/aromatic N) is 3. The molecule has 112 valence electrons. The molecule has 0 amide bonds. The predicted octanol–water partition coefficient (Wildman–Crippen LogP) is 2.36. The van der Waals surface area contributed by atoms with Crippen molar-refractivity contribution >= 4 is 16.5 Å². The van der Waals surface area contributed by atoms with Crippen molar-refractivity contribution in [2.75, 3.05) is 37.6 Å². The Morgan fingerprint density at radius 1 is 1.19 bits per heavy atom. The lowest BCUT2D eigenvalue weighted by atomic mass is 10.1. The van der Waals surface area contributed by atoms with Gasteiger partial charge in [0.2, 0.25) is 0 Å². The number of likely N-dealkylation sites (N-methyl/N-ethyl adjacent to an activating group) is 1. The number of hydrogen-bond donors (Lipinski definition) is 2. The van der Waals surface area contributed by atoms with E-state index in [1.54, 1.807) is 23.5 Å². The van der Waals surface area contributed by atoms with Crippen molar-refractivity contribution < 1.29 is 10.2 Å². The van der Waals surface area contributed by atoms with Crippen LogP contribution in [0.1, 0.15) is 6.92 Å². The summed E-state index contributed by atoms with van der Waals surface area (Å²) in [7, 11) is 0. The van der Waals surface area contributed by atoms with Gasteiger partial charge in [-0.3, -0.25) is 0 Å². The number of hydrogen-bond acceptors (Lipinski definition) is 6. The van der Waals surface area contributed by atoms with Crippen LogP contribution < -0.4 is 4.90 Å². The van der Waals surface area contributed by atoms with Gasteiger partial charge in [-0.25, -0.2) is 4.98 Å². The van der Waals surface area contributed by atoms with E-state index >= 15 is 0 Å². The van der Waals surface area contributed by atoms with E-state index in [-0.39, 0.29) is 11.5 Å². The fourth-order valence-corrected chi connectivity index (χ4v) is 3.40. The Morgan fingerprint density at radius 2 is 1.95 bits per heavy atom. The molecule has 0 saturated carbocycles. The van der Waals surface area contributed by atoms with Gasteiger partial charge in [-0.2, -0.15) is 0 Å². The van der Waals surface area contributed by atoms with E-state index in [2.05, 4.69) is 21.7 Å². The second-order valence-electron chi connectivity index (χ2n) is 5.14. The van der Waals surface area contributed by atoms with Crippen LogP contribution in [-0.2, 0) is 0 Å². The van der Waals surface area contributed by atoms with Crippen molar-refractivity contribution in [3.05, 3.63) is 23.6 Å². The van der Waals surface area contributed by atoms with Crippen LogP contribution in [0.15, 0.2) is 23.6 Å². The molecule has 3 rings (SSSR count). The maximum Gasteiger partial charge on any atom is 0.185 e. The zero-order valence-corrected chi connectivity index (χ0v) is 12.8. The highest BCUT2D eigenvalue weighted by Crippen LogP contribution is 2.34. The summed E-state index contributed by atoms with van der Waals surface area (Å²) in [6.45, 7) is 7.39. The molecular weight excluding hydrogens is 286 g/mol. The summed E-state index contributed by atoms with van der Waals surface area (Å²) in [5, 5.41) is 22.2. The van der Waals surface area contributed by atoms with E-state index in [1.165, 1.54) is 6.07 Å². The van der Waals surface area contributed by atoms with Crippen LogP contribution in [0.25, 0.3) is 11.3 Å². The minimum atomic E-state index is 0.0578. The van der Waals surface area contributed by atoms with Gasteiger partial charge >= 0.3 is 0 Å². The molecule has 5 nitrogen and oxygen atoms in total. The highest BCUT2D eigenvalue weighted by Gasteiger charge is 2.19. The van der Waals surface area contributed by atoms with E-state index in [0.717, 1.165) is 43.5 Å². The molecule has 21 heavy (non-hydrogen) atoms. The first kappa shape index (κ1) is 14.2. The van der Waals surface area contributed by atoms with Crippen LogP contribution >= 0.6 is 11.3 Å². The van der Waals surface area contributed by atoms with Gasteiger partial charge in [0.25, 0.3) is 0 Å². The Bertz CT molecular complexity index is 621. The summed E-state index contributed by atoms with van der Waals surface area (Å²) in [5.74, 6) is 0.116. The van der Waals surface area contributed by atoms with Gasteiger partial charge < -0.3 is 20.0 Å². The Balaban J connectivity index is 1.77. The molecule has 0 aliphatic carbocycles. The van der Waals surface area contributed by atoms with Crippen molar-refractivity contribution in [2.24, 2.45) is 0 Å². The topological polar surface area (TPSA) is 59.8 Å². The summed E-state index contributed by atoms with van der Waals surface area (Å²) in [5.41, 5.74) is 1.41. The van der Waals surface area contributed by atoms with Crippen molar-refractivity contribution in [1.82, 2.24) is 9.88 Å². The first-order valence-electron chi connectivity index (χ1n) is 7.12. The van der Waals surface area contributed by atoms with Crippen molar-refractivity contribution in [3.63, 3.8) is 0 Å². The second-order valence-corrected chi connectivity index (χ2v) is 5.97. The number of thiazole rings is 1. The highest BCUT2D eigenvalue weighted by molar-refractivity contribution is 7.14. The average Bonchev–Trinajstić information content (AvgIpc) is 2.97. The lowest BCUT2D eigenvalue weighted by Gasteiger charge is -2.33. The third-order valence-corrected chi connectivity index (χ3v) is 4.74. The Labute approximate surface area is 128 Å². The van der Waals surface area contributed by atoms with Gasteiger partial charge in [0.1, 0.15) is 11.5 Å². The number of benzene rings is 1. The van der Waals surface area contributed by atoms with E-state index < -0.39 is 0 Å². The number of phenolic OH excluding ortho intramolecular Hbond substituents is 2.